The normalized spacial score (nSPS) is 18.8. The van der Waals surface area contributed by atoms with Crippen LogP contribution < -0.4 is 4.90 Å². The van der Waals surface area contributed by atoms with Crippen molar-refractivity contribution in [3.63, 3.8) is 0 Å². The van der Waals surface area contributed by atoms with E-state index in [4.69, 9.17) is 0 Å². The first-order valence-electron chi connectivity index (χ1n) is 9.96. The zero-order valence-electron chi connectivity index (χ0n) is 16.8. The van der Waals surface area contributed by atoms with E-state index in [1.807, 2.05) is 0 Å². The highest BCUT2D eigenvalue weighted by atomic mass is 16.4. The molecule has 1 aliphatic carbocycles. The number of carbonyl (C=O) groups excluding carboxylic acids is 1. The summed E-state index contributed by atoms with van der Waals surface area (Å²) in [6, 6.07) is 6.27. The number of carboxylic acid groups (broad SMARTS) is 1. The van der Waals surface area contributed by atoms with Crippen molar-refractivity contribution in [1.82, 2.24) is 14.7 Å². The van der Waals surface area contributed by atoms with Gasteiger partial charge in [0.1, 0.15) is 6.54 Å². The quantitative estimate of drug-likeness (QED) is 0.810. The molecule has 2 aromatic rings. The van der Waals surface area contributed by atoms with Crippen LogP contribution in [0, 0.1) is 13.8 Å². The second-order valence-corrected chi connectivity index (χ2v) is 7.82. The number of piperazine rings is 1. The number of aliphatic hydroxyl groups is 1. The first-order valence-corrected chi connectivity index (χ1v) is 9.96. The second kappa shape index (κ2) is 7.51. The number of amides is 1. The number of carboxylic acids is 1. The summed E-state index contributed by atoms with van der Waals surface area (Å²) in [5, 5.41) is 23.7. The lowest BCUT2D eigenvalue weighted by Gasteiger charge is -2.37. The smallest absolute Gasteiger partial charge is 0.356 e. The lowest BCUT2D eigenvalue weighted by atomic mass is 10.1. The van der Waals surface area contributed by atoms with E-state index in [0.29, 0.717) is 37.2 Å². The molecule has 8 heteroatoms. The Hall–Kier alpha value is -2.87. The molecule has 1 aromatic heterocycles. The Balaban J connectivity index is 1.44. The van der Waals surface area contributed by atoms with E-state index in [-0.39, 0.29) is 18.1 Å². The molecule has 2 heterocycles. The fourth-order valence-corrected chi connectivity index (χ4v) is 4.34. The van der Waals surface area contributed by atoms with Gasteiger partial charge in [0, 0.05) is 37.4 Å². The highest BCUT2D eigenvalue weighted by molar-refractivity contribution is 5.88. The van der Waals surface area contributed by atoms with Gasteiger partial charge in [0.25, 0.3) is 0 Å². The van der Waals surface area contributed by atoms with Gasteiger partial charge in [-0.05, 0) is 43.9 Å². The number of aromatic carboxylic acids is 1. The number of hydrogen-bond donors (Lipinski definition) is 2. The van der Waals surface area contributed by atoms with Crippen molar-refractivity contribution >= 4 is 17.6 Å². The fourth-order valence-electron chi connectivity index (χ4n) is 4.34. The first kappa shape index (κ1) is 19.4. The van der Waals surface area contributed by atoms with Gasteiger partial charge in [-0.3, -0.25) is 9.48 Å². The molecule has 0 radical (unpaired) electrons. The predicted molar refractivity (Wildman–Crippen MR) is 107 cm³/mol. The highest BCUT2D eigenvalue weighted by Crippen LogP contribution is 2.33. The van der Waals surface area contributed by atoms with Crippen molar-refractivity contribution in [2.45, 2.75) is 39.3 Å². The molecule has 1 amide bonds. The number of anilines is 1. The van der Waals surface area contributed by atoms with Gasteiger partial charge in [0.15, 0.2) is 5.69 Å². The molecule has 1 fully saturated rings. The van der Waals surface area contributed by atoms with Crippen molar-refractivity contribution in [2.24, 2.45) is 0 Å². The Morgan fingerprint density at radius 1 is 1.17 bits per heavy atom. The summed E-state index contributed by atoms with van der Waals surface area (Å²) in [5.74, 6) is -1.23. The minimum Gasteiger partial charge on any atom is -0.476 e. The van der Waals surface area contributed by atoms with Crippen LogP contribution in [0.2, 0.25) is 0 Å². The third-order valence-corrected chi connectivity index (χ3v) is 6.11. The zero-order chi connectivity index (χ0) is 20.7. The van der Waals surface area contributed by atoms with Gasteiger partial charge in [-0.1, -0.05) is 12.1 Å². The Morgan fingerprint density at radius 2 is 1.90 bits per heavy atom. The van der Waals surface area contributed by atoms with Gasteiger partial charge < -0.3 is 20.0 Å². The van der Waals surface area contributed by atoms with Gasteiger partial charge in [-0.25, -0.2) is 4.79 Å². The Bertz CT molecular complexity index is 960. The Morgan fingerprint density at radius 3 is 2.59 bits per heavy atom. The summed E-state index contributed by atoms with van der Waals surface area (Å²) in [5.41, 5.74) is 4.69. The van der Waals surface area contributed by atoms with Crippen LogP contribution in [0.1, 0.15) is 45.4 Å². The number of aliphatic hydroxyl groups excluding tert-OH is 1. The fraction of sp³-hybridized carbons (Fsp3) is 0.476. The van der Waals surface area contributed by atoms with Crippen LogP contribution in [0.15, 0.2) is 18.2 Å². The average Bonchev–Trinajstić information content (AvgIpc) is 3.25. The van der Waals surface area contributed by atoms with Crippen molar-refractivity contribution < 1.29 is 19.8 Å². The standard InChI is InChI=1S/C21H26N4O4/c1-13-4-3-5-16(14(13)2)23-8-10-24(11-9-23)18(27)12-25-20-15(6-7-17(20)26)19(22-25)21(28)29/h3-5,17,26H,6-12H2,1-2H3,(H,28,29). The van der Waals surface area contributed by atoms with Gasteiger partial charge in [-0.2, -0.15) is 5.10 Å². The van der Waals surface area contributed by atoms with Gasteiger partial charge >= 0.3 is 5.97 Å². The summed E-state index contributed by atoms with van der Waals surface area (Å²) in [7, 11) is 0. The SMILES string of the molecule is Cc1cccc(N2CCN(C(=O)Cn3nc(C(=O)O)c4c3C(O)CC4)CC2)c1C. The lowest BCUT2D eigenvalue weighted by Crippen LogP contribution is -2.50. The van der Waals surface area contributed by atoms with E-state index in [2.05, 4.69) is 42.0 Å². The van der Waals surface area contributed by atoms with Crippen LogP contribution in [0.5, 0.6) is 0 Å². The number of aromatic nitrogens is 2. The third-order valence-electron chi connectivity index (χ3n) is 6.11. The molecule has 1 aromatic carbocycles. The van der Waals surface area contributed by atoms with Crippen molar-refractivity contribution in [1.29, 1.82) is 0 Å². The summed E-state index contributed by atoms with van der Waals surface area (Å²) in [6.07, 6.45) is 0.177. The van der Waals surface area contributed by atoms with E-state index >= 15 is 0 Å². The van der Waals surface area contributed by atoms with Crippen molar-refractivity contribution in [3.05, 3.63) is 46.3 Å². The number of fused-ring (bicyclic) bond motifs is 1. The first-order chi connectivity index (χ1) is 13.9. The summed E-state index contributed by atoms with van der Waals surface area (Å²) >= 11 is 0. The van der Waals surface area contributed by atoms with Crippen LogP contribution in [0.25, 0.3) is 0 Å². The molecule has 29 heavy (non-hydrogen) atoms. The molecule has 1 unspecified atom stereocenters. The van der Waals surface area contributed by atoms with E-state index < -0.39 is 12.1 Å². The molecule has 0 spiro atoms. The monoisotopic (exact) mass is 398 g/mol. The molecule has 154 valence electrons. The molecule has 4 rings (SSSR count). The molecule has 2 N–H and O–H groups in total. The van der Waals surface area contributed by atoms with Gasteiger partial charge in [0.05, 0.1) is 11.8 Å². The number of nitrogens with zero attached hydrogens (tertiary/aromatic N) is 4. The third kappa shape index (κ3) is 3.48. The molecular weight excluding hydrogens is 372 g/mol. The Labute approximate surface area is 169 Å². The summed E-state index contributed by atoms with van der Waals surface area (Å²) in [6.45, 7) is 6.86. The second-order valence-electron chi connectivity index (χ2n) is 7.82. The van der Waals surface area contributed by atoms with E-state index in [1.54, 1.807) is 4.90 Å². The van der Waals surface area contributed by atoms with Crippen LogP contribution in [-0.4, -0.2) is 62.9 Å². The number of rotatable bonds is 4. The van der Waals surface area contributed by atoms with Crippen molar-refractivity contribution in [3.8, 4) is 0 Å². The van der Waals surface area contributed by atoms with Crippen LogP contribution in [-0.2, 0) is 17.8 Å². The summed E-state index contributed by atoms with van der Waals surface area (Å²) in [4.78, 5) is 28.4. The maximum absolute atomic E-state index is 12.8. The van der Waals surface area contributed by atoms with E-state index in [9.17, 15) is 19.8 Å². The van der Waals surface area contributed by atoms with E-state index in [0.717, 1.165) is 13.1 Å². The molecule has 0 bridgehead atoms. The minimum absolute atomic E-state index is 0.0455. The van der Waals surface area contributed by atoms with Crippen LogP contribution in [0.4, 0.5) is 5.69 Å². The molecule has 1 saturated heterocycles. The average molecular weight is 398 g/mol. The lowest BCUT2D eigenvalue weighted by molar-refractivity contribution is -0.132. The molecule has 1 aliphatic heterocycles. The van der Waals surface area contributed by atoms with Crippen LogP contribution >= 0.6 is 0 Å². The topological polar surface area (TPSA) is 98.9 Å². The minimum atomic E-state index is -1.12. The number of aryl methyl sites for hydroxylation is 1. The molecule has 0 saturated carbocycles. The molecular formula is C21H26N4O4. The number of benzene rings is 1. The maximum atomic E-state index is 12.8. The number of hydrogen-bond acceptors (Lipinski definition) is 5. The number of carbonyl (C=O) groups is 2. The highest BCUT2D eigenvalue weighted by Gasteiger charge is 2.33. The van der Waals surface area contributed by atoms with Gasteiger partial charge in [0.2, 0.25) is 5.91 Å². The molecule has 1 atom stereocenters. The summed E-state index contributed by atoms with van der Waals surface area (Å²) < 4.78 is 1.38. The molecule has 8 nitrogen and oxygen atoms in total. The van der Waals surface area contributed by atoms with E-state index in [1.165, 1.54) is 21.5 Å². The predicted octanol–water partition coefficient (Wildman–Crippen LogP) is 1.53. The zero-order valence-corrected chi connectivity index (χ0v) is 16.8. The maximum Gasteiger partial charge on any atom is 0.356 e. The van der Waals surface area contributed by atoms with Crippen molar-refractivity contribution in [2.75, 3.05) is 31.1 Å². The largest absolute Gasteiger partial charge is 0.476 e. The Kier molecular flexibility index (Phi) is 5.04. The van der Waals surface area contributed by atoms with Crippen LogP contribution in [0.3, 0.4) is 0 Å². The molecule has 2 aliphatic rings. The van der Waals surface area contributed by atoms with Gasteiger partial charge in [-0.15, -0.1) is 0 Å².